The van der Waals surface area contributed by atoms with E-state index in [1.54, 1.807) is 11.3 Å². The third-order valence-electron chi connectivity index (χ3n) is 4.03. The molecule has 114 valence electrons. The van der Waals surface area contributed by atoms with Crippen LogP contribution in [-0.2, 0) is 24.1 Å². The number of carbonyl (C=O) groups excluding carboxylic acids is 1. The molecule has 0 saturated carbocycles. The van der Waals surface area contributed by atoms with Gasteiger partial charge in [-0.3, -0.25) is 4.79 Å². The molecule has 1 heterocycles. The number of benzene rings is 1. The van der Waals surface area contributed by atoms with Crippen molar-refractivity contribution >= 4 is 23.0 Å². The van der Waals surface area contributed by atoms with Crippen LogP contribution >= 0.6 is 11.3 Å². The van der Waals surface area contributed by atoms with Gasteiger partial charge in [-0.1, -0.05) is 18.2 Å². The molecule has 1 amide bonds. The Morgan fingerprint density at radius 1 is 1.23 bits per heavy atom. The van der Waals surface area contributed by atoms with E-state index in [-0.39, 0.29) is 5.91 Å². The molecule has 1 aromatic carbocycles. The summed E-state index contributed by atoms with van der Waals surface area (Å²) in [6.45, 7) is 1.94. The third-order valence-corrected chi connectivity index (χ3v) is 4.91. The van der Waals surface area contributed by atoms with Gasteiger partial charge in [-0.2, -0.15) is 5.10 Å². The molecule has 0 aliphatic heterocycles. The lowest BCUT2D eigenvalue weighted by Crippen LogP contribution is -2.21. The van der Waals surface area contributed by atoms with Crippen LogP contribution in [-0.4, -0.2) is 11.6 Å². The predicted octanol–water partition coefficient (Wildman–Crippen LogP) is 3.71. The van der Waals surface area contributed by atoms with Crippen molar-refractivity contribution in [2.75, 3.05) is 0 Å². The zero-order valence-electron chi connectivity index (χ0n) is 12.8. The highest BCUT2D eigenvalue weighted by atomic mass is 32.1. The Bertz CT molecular complexity index is 689. The van der Waals surface area contributed by atoms with Gasteiger partial charge >= 0.3 is 0 Å². The highest BCUT2D eigenvalue weighted by molar-refractivity contribution is 7.10. The fourth-order valence-corrected chi connectivity index (χ4v) is 3.48. The lowest BCUT2D eigenvalue weighted by atomic mass is 9.90. The van der Waals surface area contributed by atoms with E-state index in [4.69, 9.17) is 0 Å². The molecule has 0 atom stereocenters. The van der Waals surface area contributed by atoms with Crippen LogP contribution in [0.2, 0.25) is 0 Å². The summed E-state index contributed by atoms with van der Waals surface area (Å²) in [5.74, 6) is -0.0697. The molecule has 1 aromatic heterocycles. The van der Waals surface area contributed by atoms with Crippen molar-refractivity contribution in [2.45, 2.75) is 39.0 Å². The summed E-state index contributed by atoms with van der Waals surface area (Å²) in [5.41, 5.74) is 7.50. The largest absolute Gasteiger partial charge is 0.273 e. The number of nitrogens with one attached hydrogen (secondary N) is 1. The van der Waals surface area contributed by atoms with Crippen LogP contribution in [0.25, 0.3) is 0 Å². The Hall–Kier alpha value is -1.94. The normalized spacial score (nSPS) is 14.5. The number of fused-ring (bicyclic) bond motifs is 1. The minimum Gasteiger partial charge on any atom is -0.273 e. The van der Waals surface area contributed by atoms with E-state index in [2.05, 4.69) is 28.7 Å². The maximum Gasteiger partial charge on any atom is 0.245 e. The number of hydrogen-bond acceptors (Lipinski definition) is 3. The van der Waals surface area contributed by atoms with Gasteiger partial charge in [0.15, 0.2) is 0 Å². The molecule has 0 radical (unpaired) electrons. The quantitative estimate of drug-likeness (QED) is 0.678. The molecule has 0 unspecified atom stereocenters. The number of hydrogen-bond donors (Lipinski definition) is 1. The van der Waals surface area contributed by atoms with Gasteiger partial charge in [0.1, 0.15) is 0 Å². The molecule has 1 N–H and O–H groups in total. The van der Waals surface area contributed by atoms with Crippen LogP contribution in [0.15, 0.2) is 40.8 Å². The van der Waals surface area contributed by atoms with E-state index in [0.29, 0.717) is 6.42 Å². The van der Waals surface area contributed by atoms with E-state index < -0.39 is 0 Å². The van der Waals surface area contributed by atoms with Gasteiger partial charge in [0, 0.05) is 4.88 Å². The first kappa shape index (κ1) is 15.0. The fourth-order valence-electron chi connectivity index (χ4n) is 2.78. The zero-order valence-corrected chi connectivity index (χ0v) is 13.6. The van der Waals surface area contributed by atoms with Gasteiger partial charge in [0.2, 0.25) is 5.91 Å². The average Bonchev–Trinajstić information content (AvgIpc) is 3.05. The first-order chi connectivity index (χ1) is 10.7. The molecule has 22 heavy (non-hydrogen) atoms. The fraction of sp³-hybridized carbons (Fsp3) is 0.333. The summed E-state index contributed by atoms with van der Waals surface area (Å²) in [6.07, 6.45) is 5.28. The molecule has 2 aromatic rings. The molecule has 0 spiro atoms. The molecular formula is C18H20N2OS. The summed E-state index contributed by atoms with van der Waals surface area (Å²) in [4.78, 5) is 12.9. The predicted molar refractivity (Wildman–Crippen MR) is 91.5 cm³/mol. The van der Waals surface area contributed by atoms with E-state index in [9.17, 15) is 4.79 Å². The lowest BCUT2D eigenvalue weighted by molar-refractivity contribution is -0.120. The Balaban J connectivity index is 1.65. The number of hydrazone groups is 1. The zero-order chi connectivity index (χ0) is 15.4. The molecule has 3 rings (SSSR count). The van der Waals surface area contributed by atoms with Crippen LogP contribution in [0.4, 0.5) is 0 Å². The van der Waals surface area contributed by atoms with E-state index in [0.717, 1.165) is 22.6 Å². The number of carbonyl (C=O) groups is 1. The molecule has 0 saturated heterocycles. The van der Waals surface area contributed by atoms with Gasteiger partial charge in [-0.25, -0.2) is 5.43 Å². The third kappa shape index (κ3) is 3.63. The summed E-state index contributed by atoms with van der Waals surface area (Å²) in [5, 5.41) is 6.22. The number of aryl methyl sites for hydroxylation is 2. The van der Waals surface area contributed by atoms with Crippen LogP contribution in [0.3, 0.4) is 0 Å². The minimum atomic E-state index is -0.0697. The minimum absolute atomic E-state index is 0.0697. The van der Waals surface area contributed by atoms with Crippen molar-refractivity contribution in [3.8, 4) is 0 Å². The number of nitrogens with zero attached hydrogens (tertiary/aromatic N) is 1. The number of rotatable bonds is 4. The second-order valence-electron chi connectivity index (χ2n) is 5.68. The highest BCUT2D eigenvalue weighted by Crippen LogP contribution is 2.22. The van der Waals surface area contributed by atoms with Crippen molar-refractivity contribution in [2.24, 2.45) is 5.10 Å². The van der Waals surface area contributed by atoms with Crippen molar-refractivity contribution in [1.82, 2.24) is 5.43 Å². The van der Waals surface area contributed by atoms with E-state index in [1.807, 2.05) is 24.4 Å². The van der Waals surface area contributed by atoms with Crippen molar-refractivity contribution in [3.63, 3.8) is 0 Å². The van der Waals surface area contributed by atoms with Crippen LogP contribution in [0.1, 0.15) is 41.3 Å². The average molecular weight is 312 g/mol. The van der Waals surface area contributed by atoms with E-state index >= 15 is 0 Å². The molecule has 0 bridgehead atoms. The molecule has 1 aliphatic carbocycles. The Kier molecular flexibility index (Phi) is 4.68. The van der Waals surface area contributed by atoms with Crippen molar-refractivity contribution < 1.29 is 4.79 Å². The number of thiophene rings is 1. The molecule has 3 nitrogen and oxygen atoms in total. The monoisotopic (exact) mass is 312 g/mol. The van der Waals surface area contributed by atoms with Gasteiger partial charge < -0.3 is 0 Å². The van der Waals surface area contributed by atoms with Gasteiger partial charge in [0.05, 0.1) is 12.1 Å². The second-order valence-corrected chi connectivity index (χ2v) is 6.71. The summed E-state index contributed by atoms with van der Waals surface area (Å²) >= 11 is 1.59. The molecule has 1 aliphatic rings. The first-order valence-electron chi connectivity index (χ1n) is 7.70. The Morgan fingerprint density at radius 2 is 2.05 bits per heavy atom. The summed E-state index contributed by atoms with van der Waals surface area (Å²) in [7, 11) is 0. The van der Waals surface area contributed by atoms with Gasteiger partial charge in [0.25, 0.3) is 0 Å². The Labute approximate surface area is 135 Å². The second kappa shape index (κ2) is 6.88. The van der Waals surface area contributed by atoms with Crippen LogP contribution in [0.5, 0.6) is 0 Å². The highest BCUT2D eigenvalue weighted by Gasteiger charge is 2.10. The maximum absolute atomic E-state index is 11.9. The topological polar surface area (TPSA) is 41.5 Å². The lowest BCUT2D eigenvalue weighted by Gasteiger charge is -2.16. The van der Waals surface area contributed by atoms with Crippen molar-refractivity contribution in [3.05, 3.63) is 57.3 Å². The van der Waals surface area contributed by atoms with Gasteiger partial charge in [-0.05, 0) is 66.8 Å². The van der Waals surface area contributed by atoms with Crippen LogP contribution < -0.4 is 5.43 Å². The number of amides is 1. The van der Waals surface area contributed by atoms with E-state index in [1.165, 1.54) is 30.4 Å². The first-order valence-corrected chi connectivity index (χ1v) is 8.58. The Morgan fingerprint density at radius 3 is 2.82 bits per heavy atom. The summed E-state index contributed by atoms with van der Waals surface area (Å²) in [6, 6.07) is 10.4. The standard InChI is InChI=1S/C18H20N2OS/c1-13(19-20-18(21)12-17-7-4-10-22-17)15-9-8-14-5-2-3-6-16(14)11-15/h4,7-11H,2-3,5-6,12H2,1H3,(H,20,21)/b19-13-. The van der Waals surface area contributed by atoms with Crippen LogP contribution in [0, 0.1) is 0 Å². The summed E-state index contributed by atoms with van der Waals surface area (Å²) < 4.78 is 0. The smallest absolute Gasteiger partial charge is 0.245 e. The van der Waals surface area contributed by atoms with Crippen molar-refractivity contribution in [1.29, 1.82) is 0 Å². The SMILES string of the molecule is C/C(=N/NC(=O)Cc1cccs1)c1ccc2c(c1)CCCC2. The molecular weight excluding hydrogens is 292 g/mol. The van der Waals surface area contributed by atoms with Gasteiger partial charge in [-0.15, -0.1) is 11.3 Å². The molecule has 0 fully saturated rings. The molecule has 4 heteroatoms. The maximum atomic E-state index is 11.9.